The Morgan fingerprint density at radius 3 is 2.22 bits per heavy atom. The first-order chi connectivity index (χ1) is 8.60. The summed E-state index contributed by atoms with van der Waals surface area (Å²) < 4.78 is 0. The molecule has 0 unspecified atom stereocenters. The average Bonchev–Trinajstić information content (AvgIpc) is 2.56. The maximum atomic E-state index is 11.8. The molecule has 1 rings (SSSR count). The normalized spacial score (nSPS) is 18.9. The highest BCUT2D eigenvalue weighted by Crippen LogP contribution is 2.27. The van der Waals surface area contributed by atoms with E-state index in [0.29, 0.717) is 25.8 Å². The fourth-order valence-corrected chi connectivity index (χ4v) is 2.48. The first kappa shape index (κ1) is 15.0. The molecule has 1 amide bonds. The Balaban J connectivity index is 2.55. The third-order valence-corrected chi connectivity index (χ3v) is 3.60. The molecule has 1 aliphatic carbocycles. The monoisotopic (exact) mass is 256 g/mol. The molecule has 0 aromatic heterocycles. The van der Waals surface area contributed by atoms with Crippen LogP contribution in [0.15, 0.2) is 0 Å². The zero-order valence-electron chi connectivity index (χ0n) is 10.9. The van der Waals surface area contributed by atoms with Crippen LogP contribution in [0.25, 0.3) is 0 Å². The summed E-state index contributed by atoms with van der Waals surface area (Å²) in [6, 6.07) is 0. The standard InChI is InChI=1S/C13H24N2O3/c14-10-6-3-7-11(16)15-13(12(17)18)8-4-1-2-5-9-13/h1-10,14H2,(H,15,16)(H,17,18). The van der Waals surface area contributed by atoms with Crippen LogP contribution >= 0.6 is 0 Å². The molecule has 0 aromatic carbocycles. The Bertz CT molecular complexity index is 284. The highest BCUT2D eigenvalue weighted by Gasteiger charge is 2.39. The number of carbonyl (C=O) groups excluding carboxylic acids is 1. The van der Waals surface area contributed by atoms with Gasteiger partial charge in [-0.15, -0.1) is 0 Å². The number of unbranched alkanes of at least 4 members (excludes halogenated alkanes) is 1. The van der Waals surface area contributed by atoms with Gasteiger partial charge in [-0.3, -0.25) is 4.79 Å². The van der Waals surface area contributed by atoms with Gasteiger partial charge in [0, 0.05) is 6.42 Å². The van der Waals surface area contributed by atoms with Gasteiger partial charge in [0.25, 0.3) is 0 Å². The number of amides is 1. The molecule has 0 radical (unpaired) electrons. The van der Waals surface area contributed by atoms with Crippen LogP contribution in [0.4, 0.5) is 0 Å². The van der Waals surface area contributed by atoms with E-state index in [1.807, 2.05) is 0 Å². The van der Waals surface area contributed by atoms with E-state index in [0.717, 1.165) is 38.5 Å². The summed E-state index contributed by atoms with van der Waals surface area (Å²) in [6.07, 6.45) is 6.83. The zero-order valence-corrected chi connectivity index (χ0v) is 10.9. The number of nitrogens with one attached hydrogen (secondary N) is 1. The molecule has 1 saturated carbocycles. The van der Waals surface area contributed by atoms with Gasteiger partial charge in [-0.25, -0.2) is 4.79 Å². The van der Waals surface area contributed by atoms with Crippen LogP contribution in [0, 0.1) is 0 Å². The van der Waals surface area contributed by atoms with E-state index in [2.05, 4.69) is 5.32 Å². The van der Waals surface area contributed by atoms with Crippen molar-refractivity contribution in [2.75, 3.05) is 6.54 Å². The largest absolute Gasteiger partial charge is 0.480 e. The second kappa shape index (κ2) is 7.36. The molecule has 18 heavy (non-hydrogen) atoms. The van der Waals surface area contributed by atoms with Crippen LogP contribution in [-0.2, 0) is 9.59 Å². The molecule has 0 saturated heterocycles. The molecule has 5 nitrogen and oxygen atoms in total. The predicted molar refractivity (Wildman–Crippen MR) is 69.1 cm³/mol. The van der Waals surface area contributed by atoms with Crippen LogP contribution in [0.5, 0.6) is 0 Å². The van der Waals surface area contributed by atoms with Gasteiger partial charge in [-0.2, -0.15) is 0 Å². The Labute approximate surface area is 108 Å². The molecule has 104 valence electrons. The number of carbonyl (C=O) groups is 2. The van der Waals surface area contributed by atoms with E-state index in [1.54, 1.807) is 0 Å². The Morgan fingerprint density at radius 2 is 1.72 bits per heavy atom. The van der Waals surface area contributed by atoms with E-state index < -0.39 is 11.5 Å². The van der Waals surface area contributed by atoms with Gasteiger partial charge in [0.05, 0.1) is 0 Å². The smallest absolute Gasteiger partial charge is 0.329 e. The average molecular weight is 256 g/mol. The fraction of sp³-hybridized carbons (Fsp3) is 0.846. The van der Waals surface area contributed by atoms with Crippen LogP contribution in [0.1, 0.15) is 57.8 Å². The summed E-state index contributed by atoms with van der Waals surface area (Å²) in [5, 5.41) is 12.2. The fourth-order valence-electron chi connectivity index (χ4n) is 2.48. The molecule has 0 aromatic rings. The second-order valence-corrected chi connectivity index (χ2v) is 5.10. The lowest BCUT2D eigenvalue weighted by Crippen LogP contribution is -2.54. The summed E-state index contributed by atoms with van der Waals surface area (Å²) in [7, 11) is 0. The number of carboxylic acids is 1. The number of aliphatic carboxylic acids is 1. The van der Waals surface area contributed by atoms with Crippen molar-refractivity contribution in [1.82, 2.24) is 5.32 Å². The van der Waals surface area contributed by atoms with Crippen molar-refractivity contribution in [1.29, 1.82) is 0 Å². The molecule has 5 heteroatoms. The van der Waals surface area contributed by atoms with Gasteiger partial charge in [-0.1, -0.05) is 25.7 Å². The first-order valence-electron chi connectivity index (χ1n) is 6.85. The summed E-state index contributed by atoms with van der Waals surface area (Å²) in [5.41, 5.74) is 4.34. The minimum atomic E-state index is -1.03. The zero-order chi connectivity index (χ0) is 13.4. The van der Waals surface area contributed by atoms with Crippen LogP contribution in [-0.4, -0.2) is 29.1 Å². The third kappa shape index (κ3) is 4.29. The second-order valence-electron chi connectivity index (χ2n) is 5.10. The molecule has 0 bridgehead atoms. The van der Waals surface area contributed by atoms with Crippen molar-refractivity contribution in [3.8, 4) is 0 Å². The van der Waals surface area contributed by atoms with Crippen molar-refractivity contribution in [3.63, 3.8) is 0 Å². The lowest BCUT2D eigenvalue weighted by atomic mass is 9.90. The minimum Gasteiger partial charge on any atom is -0.480 e. The van der Waals surface area contributed by atoms with E-state index >= 15 is 0 Å². The van der Waals surface area contributed by atoms with Crippen molar-refractivity contribution < 1.29 is 14.7 Å². The molecular weight excluding hydrogens is 232 g/mol. The molecule has 1 aliphatic rings. The summed E-state index contributed by atoms with van der Waals surface area (Å²) in [4.78, 5) is 23.3. The van der Waals surface area contributed by atoms with Crippen LogP contribution in [0.2, 0.25) is 0 Å². The Kier molecular flexibility index (Phi) is 6.12. The Hall–Kier alpha value is -1.10. The van der Waals surface area contributed by atoms with Crippen LogP contribution in [0.3, 0.4) is 0 Å². The molecule has 0 heterocycles. The summed E-state index contributed by atoms with van der Waals surface area (Å²) in [6.45, 7) is 0.567. The third-order valence-electron chi connectivity index (χ3n) is 3.60. The van der Waals surface area contributed by atoms with E-state index in [-0.39, 0.29) is 5.91 Å². The molecule has 0 spiro atoms. The van der Waals surface area contributed by atoms with Gasteiger partial charge in [-0.05, 0) is 32.2 Å². The van der Waals surface area contributed by atoms with Gasteiger partial charge in [0.2, 0.25) is 5.91 Å². The lowest BCUT2D eigenvalue weighted by molar-refractivity contribution is -0.148. The van der Waals surface area contributed by atoms with Gasteiger partial charge >= 0.3 is 5.97 Å². The Morgan fingerprint density at radius 1 is 1.11 bits per heavy atom. The van der Waals surface area contributed by atoms with Crippen molar-refractivity contribution in [2.45, 2.75) is 63.3 Å². The quantitative estimate of drug-likeness (QED) is 0.495. The number of nitrogens with two attached hydrogens (primary N) is 1. The topological polar surface area (TPSA) is 92.4 Å². The molecular formula is C13H24N2O3. The van der Waals surface area contributed by atoms with Crippen molar-refractivity contribution >= 4 is 11.9 Å². The SMILES string of the molecule is NCCCCC(=O)NC1(C(=O)O)CCCCCC1. The molecule has 0 atom stereocenters. The summed E-state index contributed by atoms with van der Waals surface area (Å²) in [5.74, 6) is -1.05. The summed E-state index contributed by atoms with van der Waals surface area (Å²) >= 11 is 0. The highest BCUT2D eigenvalue weighted by molar-refractivity contribution is 5.87. The number of hydrogen-bond donors (Lipinski definition) is 3. The molecule has 0 aliphatic heterocycles. The number of hydrogen-bond acceptors (Lipinski definition) is 3. The van der Waals surface area contributed by atoms with Gasteiger partial charge < -0.3 is 16.2 Å². The van der Waals surface area contributed by atoms with Gasteiger partial charge in [0.1, 0.15) is 5.54 Å². The van der Waals surface area contributed by atoms with Crippen molar-refractivity contribution in [2.24, 2.45) is 5.73 Å². The first-order valence-corrected chi connectivity index (χ1v) is 6.85. The number of rotatable bonds is 6. The van der Waals surface area contributed by atoms with Gasteiger partial charge in [0.15, 0.2) is 0 Å². The maximum Gasteiger partial charge on any atom is 0.329 e. The van der Waals surface area contributed by atoms with Crippen LogP contribution < -0.4 is 11.1 Å². The van der Waals surface area contributed by atoms with E-state index in [9.17, 15) is 14.7 Å². The van der Waals surface area contributed by atoms with E-state index in [4.69, 9.17) is 5.73 Å². The molecule has 4 N–H and O–H groups in total. The number of carboxylic acid groups (broad SMARTS) is 1. The predicted octanol–water partition coefficient (Wildman–Crippen LogP) is 1.41. The maximum absolute atomic E-state index is 11.8. The highest BCUT2D eigenvalue weighted by atomic mass is 16.4. The molecule has 1 fully saturated rings. The van der Waals surface area contributed by atoms with Crippen molar-refractivity contribution in [3.05, 3.63) is 0 Å². The lowest BCUT2D eigenvalue weighted by Gasteiger charge is -2.29. The van der Waals surface area contributed by atoms with E-state index in [1.165, 1.54) is 0 Å². The minimum absolute atomic E-state index is 0.159.